The predicted molar refractivity (Wildman–Crippen MR) is 100 cm³/mol. The summed E-state index contributed by atoms with van der Waals surface area (Å²) in [6.45, 7) is -2.76. The van der Waals surface area contributed by atoms with E-state index in [1.54, 1.807) is 49.6 Å². The Morgan fingerprint density at radius 2 is 1.83 bits per heavy atom. The monoisotopic (exact) mass is 449 g/mol. The molecule has 0 aliphatic heterocycles. The van der Waals surface area contributed by atoms with E-state index >= 15 is 0 Å². The third-order valence-corrected chi connectivity index (χ3v) is 2.97. The summed E-state index contributed by atoms with van der Waals surface area (Å²) in [5.74, 6) is 0.981. The van der Waals surface area contributed by atoms with Crippen molar-refractivity contribution in [2.24, 2.45) is 10.7 Å². The van der Waals surface area contributed by atoms with Gasteiger partial charge >= 0.3 is 6.61 Å². The molecule has 24 heavy (non-hydrogen) atoms. The number of nitrogens with zero attached hydrogens (tertiary/aromatic N) is 1. The molecule has 0 radical (unpaired) electrons. The zero-order chi connectivity index (χ0) is 16.7. The Morgan fingerprint density at radius 3 is 2.46 bits per heavy atom. The zero-order valence-electron chi connectivity index (χ0n) is 12.9. The van der Waals surface area contributed by atoms with E-state index in [1.165, 1.54) is 6.07 Å². The average Bonchev–Trinajstić information content (AvgIpc) is 2.54. The van der Waals surface area contributed by atoms with Crippen LogP contribution >= 0.6 is 24.0 Å². The van der Waals surface area contributed by atoms with Crippen LogP contribution in [0.25, 0.3) is 0 Å². The van der Waals surface area contributed by atoms with Gasteiger partial charge in [-0.15, -0.1) is 24.0 Å². The molecule has 0 saturated heterocycles. The van der Waals surface area contributed by atoms with E-state index in [2.05, 4.69) is 15.0 Å². The van der Waals surface area contributed by atoms with Crippen LogP contribution in [-0.2, 0) is 6.54 Å². The van der Waals surface area contributed by atoms with Crippen LogP contribution in [0, 0.1) is 0 Å². The summed E-state index contributed by atoms with van der Waals surface area (Å²) in [5.41, 5.74) is 7.05. The average molecular weight is 449 g/mol. The number of hydrogen-bond acceptors (Lipinski definition) is 3. The number of alkyl halides is 2. The van der Waals surface area contributed by atoms with Crippen molar-refractivity contribution in [3.05, 3.63) is 54.1 Å². The molecule has 0 aliphatic carbocycles. The van der Waals surface area contributed by atoms with E-state index in [9.17, 15) is 8.78 Å². The molecule has 8 heteroatoms. The molecule has 0 atom stereocenters. The molecule has 5 nitrogen and oxygen atoms in total. The number of anilines is 1. The molecule has 0 unspecified atom stereocenters. The Labute approximate surface area is 155 Å². The molecule has 0 saturated carbocycles. The number of rotatable bonds is 6. The summed E-state index contributed by atoms with van der Waals surface area (Å²) in [6, 6.07) is 13.6. The highest BCUT2D eigenvalue weighted by Gasteiger charge is 2.08. The van der Waals surface area contributed by atoms with Crippen molar-refractivity contribution in [1.29, 1.82) is 0 Å². The maximum atomic E-state index is 12.3. The second kappa shape index (κ2) is 9.91. The van der Waals surface area contributed by atoms with Gasteiger partial charge < -0.3 is 20.5 Å². The van der Waals surface area contributed by atoms with E-state index in [0.717, 1.165) is 11.4 Å². The van der Waals surface area contributed by atoms with Gasteiger partial charge in [-0.1, -0.05) is 18.2 Å². The molecule has 2 aromatic rings. The quantitative estimate of drug-likeness (QED) is 0.400. The lowest BCUT2D eigenvalue weighted by molar-refractivity contribution is -0.0504. The van der Waals surface area contributed by atoms with E-state index in [1.807, 2.05) is 0 Å². The Balaban J connectivity index is 0.00000288. The van der Waals surface area contributed by atoms with Crippen LogP contribution in [0.15, 0.2) is 53.5 Å². The molecular formula is C16H18F2IN3O2. The number of aliphatic imine (C=N–C) groups is 1. The normalized spacial score (nSPS) is 10.9. The molecule has 0 heterocycles. The summed E-state index contributed by atoms with van der Waals surface area (Å²) in [7, 11) is 1.58. The van der Waals surface area contributed by atoms with Gasteiger partial charge in [-0.25, -0.2) is 4.99 Å². The number of ether oxygens (including phenoxy) is 2. The van der Waals surface area contributed by atoms with E-state index < -0.39 is 6.61 Å². The Bertz CT molecular complexity index is 667. The van der Waals surface area contributed by atoms with Crippen molar-refractivity contribution in [1.82, 2.24) is 0 Å². The second-order valence-corrected chi connectivity index (χ2v) is 4.54. The molecule has 3 N–H and O–H groups in total. The van der Waals surface area contributed by atoms with Crippen LogP contribution in [0.4, 0.5) is 14.5 Å². The SMILES string of the molecule is COc1ccc(NC(N)=NCc2ccccc2OC(F)F)cc1.I. The van der Waals surface area contributed by atoms with Crippen LogP contribution in [0.5, 0.6) is 11.5 Å². The van der Waals surface area contributed by atoms with E-state index in [-0.39, 0.29) is 42.2 Å². The highest BCUT2D eigenvalue weighted by Crippen LogP contribution is 2.21. The first-order valence-electron chi connectivity index (χ1n) is 6.82. The number of nitrogens with one attached hydrogen (secondary N) is 1. The minimum absolute atomic E-state index is 0. The predicted octanol–water partition coefficient (Wildman–Crippen LogP) is 3.84. The highest BCUT2D eigenvalue weighted by molar-refractivity contribution is 14.0. The van der Waals surface area contributed by atoms with Gasteiger partial charge in [-0.2, -0.15) is 8.78 Å². The smallest absolute Gasteiger partial charge is 0.387 e. The van der Waals surface area contributed by atoms with Gasteiger partial charge in [0.15, 0.2) is 5.96 Å². The summed E-state index contributed by atoms with van der Waals surface area (Å²) < 4.78 is 34.2. The van der Waals surface area contributed by atoms with Crippen molar-refractivity contribution in [2.45, 2.75) is 13.2 Å². The third kappa shape index (κ3) is 6.19. The van der Waals surface area contributed by atoms with Gasteiger partial charge in [-0.05, 0) is 30.3 Å². The van der Waals surface area contributed by atoms with E-state index in [0.29, 0.717) is 5.56 Å². The fourth-order valence-electron chi connectivity index (χ4n) is 1.88. The Kier molecular flexibility index (Phi) is 8.24. The number of nitrogens with two attached hydrogens (primary N) is 1. The number of guanidine groups is 1. The molecule has 2 rings (SSSR count). The van der Waals surface area contributed by atoms with Gasteiger partial charge in [-0.3, -0.25) is 0 Å². The van der Waals surface area contributed by atoms with Gasteiger partial charge in [0.1, 0.15) is 11.5 Å². The molecule has 0 spiro atoms. The number of hydrogen-bond donors (Lipinski definition) is 2. The van der Waals surface area contributed by atoms with Crippen LogP contribution in [-0.4, -0.2) is 19.7 Å². The zero-order valence-corrected chi connectivity index (χ0v) is 15.2. The van der Waals surface area contributed by atoms with Gasteiger partial charge in [0.2, 0.25) is 0 Å². The Morgan fingerprint density at radius 1 is 1.17 bits per heavy atom. The summed E-state index contributed by atoms with van der Waals surface area (Å²) in [5, 5.41) is 2.91. The summed E-state index contributed by atoms with van der Waals surface area (Å²) in [4.78, 5) is 4.13. The molecule has 0 bridgehead atoms. The topological polar surface area (TPSA) is 68.9 Å². The first-order valence-corrected chi connectivity index (χ1v) is 6.82. The van der Waals surface area contributed by atoms with Gasteiger partial charge in [0.05, 0.1) is 13.7 Å². The molecular weight excluding hydrogens is 431 g/mol. The molecule has 130 valence electrons. The lowest BCUT2D eigenvalue weighted by atomic mass is 10.2. The standard InChI is InChI=1S/C16H17F2N3O2.HI/c1-22-13-8-6-12(7-9-13)21-16(19)20-10-11-4-2-3-5-14(11)23-15(17)18;/h2-9,15H,10H2,1H3,(H3,19,20,21);1H. The number of halogens is 3. The van der Waals surface area contributed by atoms with Crippen LogP contribution in [0.3, 0.4) is 0 Å². The largest absolute Gasteiger partial charge is 0.497 e. The van der Waals surface area contributed by atoms with Crippen molar-refractivity contribution >= 4 is 35.6 Å². The maximum absolute atomic E-state index is 12.3. The lowest BCUT2D eigenvalue weighted by Crippen LogP contribution is -2.22. The van der Waals surface area contributed by atoms with Crippen LogP contribution < -0.4 is 20.5 Å². The maximum Gasteiger partial charge on any atom is 0.387 e. The number of para-hydroxylation sites is 1. The Hall–Kier alpha value is -2.10. The van der Waals surface area contributed by atoms with Gasteiger partial charge in [0, 0.05) is 11.3 Å². The molecule has 0 aliphatic rings. The fourth-order valence-corrected chi connectivity index (χ4v) is 1.88. The first kappa shape index (κ1) is 19.9. The van der Waals surface area contributed by atoms with Crippen LogP contribution in [0.2, 0.25) is 0 Å². The fraction of sp³-hybridized carbons (Fsp3) is 0.188. The van der Waals surface area contributed by atoms with Crippen LogP contribution in [0.1, 0.15) is 5.56 Å². The minimum Gasteiger partial charge on any atom is -0.497 e. The molecule has 0 fully saturated rings. The molecule has 0 aromatic heterocycles. The second-order valence-electron chi connectivity index (χ2n) is 4.54. The molecule has 0 amide bonds. The minimum atomic E-state index is -2.88. The highest BCUT2D eigenvalue weighted by atomic mass is 127. The van der Waals surface area contributed by atoms with Crippen molar-refractivity contribution in [2.75, 3.05) is 12.4 Å². The number of methoxy groups -OCH3 is 1. The van der Waals surface area contributed by atoms with Gasteiger partial charge in [0.25, 0.3) is 0 Å². The third-order valence-electron chi connectivity index (χ3n) is 2.97. The van der Waals surface area contributed by atoms with E-state index in [4.69, 9.17) is 10.5 Å². The number of benzene rings is 2. The summed E-state index contributed by atoms with van der Waals surface area (Å²) in [6.07, 6.45) is 0. The molecule has 2 aromatic carbocycles. The van der Waals surface area contributed by atoms with Crippen molar-refractivity contribution < 1.29 is 18.3 Å². The summed E-state index contributed by atoms with van der Waals surface area (Å²) >= 11 is 0. The van der Waals surface area contributed by atoms with Crippen molar-refractivity contribution in [3.8, 4) is 11.5 Å². The lowest BCUT2D eigenvalue weighted by Gasteiger charge is -2.10. The van der Waals surface area contributed by atoms with Crippen molar-refractivity contribution in [3.63, 3.8) is 0 Å². The first-order chi connectivity index (χ1) is 11.1.